The Labute approximate surface area is 304 Å². The molecule has 278 valence electrons. The average molecular weight is 719 g/mol. The van der Waals surface area contributed by atoms with Crippen molar-refractivity contribution in [3.8, 4) is 33.8 Å². The molecule has 1 saturated carbocycles. The Kier molecular flexibility index (Phi) is 15.6. The van der Waals surface area contributed by atoms with Crippen molar-refractivity contribution in [3.05, 3.63) is 108 Å². The number of ether oxygens (including phenoxy) is 4. The third-order valence-electron chi connectivity index (χ3n) is 9.24. The van der Waals surface area contributed by atoms with Crippen LogP contribution < -0.4 is 9.47 Å². The first-order valence-electron chi connectivity index (χ1n) is 17.7. The zero-order valence-corrected chi connectivity index (χ0v) is 29.7. The second kappa shape index (κ2) is 20.3. The Bertz CT molecular complexity index is 1650. The lowest BCUT2D eigenvalue weighted by Crippen LogP contribution is -2.15. The van der Waals surface area contributed by atoms with Gasteiger partial charge in [0.25, 0.3) is 6.08 Å². The molecule has 8 nitrogen and oxygen atoms in total. The highest BCUT2D eigenvalue weighted by Gasteiger charge is 2.22. The molecule has 1 fully saturated rings. The molecule has 0 radical (unpaired) electrons. The van der Waals surface area contributed by atoms with E-state index in [9.17, 15) is 18.4 Å². The number of aliphatic hydroxyl groups excluding tert-OH is 2. The molecule has 0 amide bonds. The number of hydrogen-bond donors (Lipinski definition) is 2. The number of halogens is 2. The minimum atomic E-state index is -1.59. The lowest BCUT2D eigenvalue weighted by molar-refractivity contribution is -0.141. The van der Waals surface area contributed by atoms with Crippen LogP contribution in [-0.2, 0) is 25.5 Å². The Hall–Kier alpha value is -4.80. The largest absolute Gasteiger partial charge is 0.490 e. The highest BCUT2D eigenvalue weighted by molar-refractivity contribution is 5.88. The van der Waals surface area contributed by atoms with Crippen LogP contribution in [0.5, 0.6) is 11.5 Å². The van der Waals surface area contributed by atoms with Gasteiger partial charge in [0.05, 0.1) is 24.4 Å². The van der Waals surface area contributed by atoms with Crippen LogP contribution in [0.3, 0.4) is 0 Å². The molecule has 52 heavy (non-hydrogen) atoms. The summed E-state index contributed by atoms with van der Waals surface area (Å²) >= 11 is 0. The van der Waals surface area contributed by atoms with Crippen molar-refractivity contribution in [2.45, 2.75) is 57.8 Å². The summed E-state index contributed by atoms with van der Waals surface area (Å²) in [5.41, 5.74) is 6.34. The van der Waals surface area contributed by atoms with E-state index in [1.807, 2.05) is 12.1 Å². The number of aliphatic hydroxyl groups is 2. The summed E-state index contributed by atoms with van der Waals surface area (Å²) in [7, 11) is 0. The van der Waals surface area contributed by atoms with Gasteiger partial charge in [0.1, 0.15) is 37.9 Å². The fourth-order valence-electron chi connectivity index (χ4n) is 6.32. The highest BCUT2D eigenvalue weighted by atomic mass is 19.3. The van der Waals surface area contributed by atoms with Crippen LogP contribution >= 0.6 is 0 Å². The normalized spacial score (nSPS) is 15.3. The van der Waals surface area contributed by atoms with Gasteiger partial charge in [-0.2, -0.15) is 8.78 Å². The summed E-state index contributed by atoms with van der Waals surface area (Å²) in [6.45, 7) is 8.00. The summed E-state index contributed by atoms with van der Waals surface area (Å²) < 4.78 is 46.8. The maximum atomic E-state index is 12.4. The van der Waals surface area contributed by atoms with Crippen LogP contribution in [0, 0.1) is 5.92 Å². The maximum Gasteiger partial charge on any atom is 0.335 e. The predicted octanol–water partition coefficient (Wildman–Crippen LogP) is 8.36. The fourth-order valence-corrected chi connectivity index (χ4v) is 6.32. The quantitative estimate of drug-likeness (QED) is 0.0723. The molecule has 0 bridgehead atoms. The third kappa shape index (κ3) is 11.9. The number of aryl methyl sites for hydroxylation is 1. The highest BCUT2D eigenvalue weighted by Crippen LogP contribution is 2.39. The van der Waals surface area contributed by atoms with Gasteiger partial charge in [0, 0.05) is 6.07 Å². The molecule has 3 aromatic carbocycles. The first-order chi connectivity index (χ1) is 25.1. The summed E-state index contributed by atoms with van der Waals surface area (Å²) in [6.07, 6.45) is 5.76. The van der Waals surface area contributed by atoms with Crippen LogP contribution in [0.15, 0.2) is 97.1 Å². The molecule has 0 saturated heterocycles. The molecule has 0 aromatic heterocycles. The van der Waals surface area contributed by atoms with Crippen LogP contribution in [0.4, 0.5) is 8.78 Å². The third-order valence-corrected chi connectivity index (χ3v) is 9.24. The molecule has 1 aliphatic carbocycles. The Balaban J connectivity index is 1.47. The molecule has 2 N–H and O–H groups in total. The number of allylic oxidation sites excluding steroid dienone is 1. The van der Waals surface area contributed by atoms with E-state index in [4.69, 9.17) is 29.2 Å². The molecule has 0 heterocycles. The topological polar surface area (TPSA) is 112 Å². The van der Waals surface area contributed by atoms with Gasteiger partial charge in [-0.05, 0) is 108 Å². The Morgan fingerprint density at radius 2 is 1.31 bits per heavy atom. The minimum Gasteiger partial charge on any atom is -0.490 e. The zero-order chi connectivity index (χ0) is 37.5. The van der Waals surface area contributed by atoms with Crippen molar-refractivity contribution < 1.29 is 47.5 Å². The molecular weight excluding hydrogens is 670 g/mol. The second-order valence-electron chi connectivity index (χ2n) is 12.8. The lowest BCUT2D eigenvalue weighted by atomic mass is 9.77. The molecule has 0 aliphatic heterocycles. The van der Waals surface area contributed by atoms with E-state index in [-0.39, 0.29) is 37.6 Å². The number of rotatable bonds is 19. The van der Waals surface area contributed by atoms with E-state index >= 15 is 0 Å². The minimum absolute atomic E-state index is 0.0461. The molecule has 1 aliphatic rings. The van der Waals surface area contributed by atoms with E-state index in [0.717, 1.165) is 72.4 Å². The van der Waals surface area contributed by atoms with Crippen molar-refractivity contribution in [1.29, 1.82) is 0 Å². The summed E-state index contributed by atoms with van der Waals surface area (Å²) in [4.78, 5) is 23.7. The van der Waals surface area contributed by atoms with Gasteiger partial charge in [-0.15, -0.1) is 0 Å². The summed E-state index contributed by atoms with van der Waals surface area (Å²) in [5.74, 6) is 0.530. The number of carbonyl (C=O) groups excluding carboxylic acids is 2. The van der Waals surface area contributed by atoms with E-state index in [1.54, 1.807) is 6.07 Å². The van der Waals surface area contributed by atoms with E-state index in [0.29, 0.717) is 29.8 Å². The van der Waals surface area contributed by atoms with Gasteiger partial charge < -0.3 is 29.2 Å². The fraction of sp³-hybridized carbons (Fsp3) is 0.381. The van der Waals surface area contributed by atoms with Crippen molar-refractivity contribution in [2.24, 2.45) is 5.92 Å². The van der Waals surface area contributed by atoms with E-state index in [1.165, 1.54) is 5.56 Å². The molecule has 4 rings (SSSR count). The Morgan fingerprint density at radius 1 is 0.750 bits per heavy atom. The monoisotopic (exact) mass is 718 g/mol. The van der Waals surface area contributed by atoms with Crippen LogP contribution in [0.1, 0.15) is 62.5 Å². The predicted molar refractivity (Wildman–Crippen MR) is 196 cm³/mol. The average Bonchev–Trinajstić information content (AvgIpc) is 3.17. The number of hydrogen-bond acceptors (Lipinski definition) is 8. The van der Waals surface area contributed by atoms with Gasteiger partial charge in [-0.1, -0.05) is 62.5 Å². The maximum absolute atomic E-state index is 12.4. The smallest absolute Gasteiger partial charge is 0.335 e. The van der Waals surface area contributed by atoms with Gasteiger partial charge >= 0.3 is 11.9 Å². The van der Waals surface area contributed by atoms with Gasteiger partial charge in [0.15, 0.2) is 0 Å². The Morgan fingerprint density at radius 3 is 1.83 bits per heavy atom. The van der Waals surface area contributed by atoms with Crippen LogP contribution in [0.2, 0.25) is 0 Å². The SMILES string of the molecule is C=C(CO)C(=O)OCCOc1cc(OCCOC(=O)C(=C)CO)cc(-c2ccc(-c3ccc(C4CCC(CCC=C(F)F)CC4)cc3)cc2CC)c1. The van der Waals surface area contributed by atoms with Gasteiger partial charge in [-0.3, -0.25) is 0 Å². The number of esters is 2. The standard InChI is InChI=1S/C42H48F2O8/c1-4-31-22-35(34-14-12-33(13-15-34)32-10-8-30(9-11-32)6-5-7-40(43)44)16-17-39(31)36-23-37(49-18-20-51-41(47)28(2)26-45)25-38(24-36)50-19-21-52-42(48)29(3)27-46/h7,12-17,22-25,30,32,45-46H,2-6,8-11,18-21,26-27H2,1H3. The van der Waals surface area contributed by atoms with E-state index in [2.05, 4.69) is 62.5 Å². The molecule has 0 atom stereocenters. The molecular formula is C42H48F2O8. The molecule has 0 spiro atoms. The van der Waals surface area contributed by atoms with Crippen LogP contribution in [-0.4, -0.2) is 61.8 Å². The first-order valence-corrected chi connectivity index (χ1v) is 17.7. The lowest BCUT2D eigenvalue weighted by Gasteiger charge is -2.28. The van der Waals surface area contributed by atoms with Gasteiger partial charge in [-0.25, -0.2) is 9.59 Å². The molecule has 0 unspecified atom stereocenters. The zero-order valence-electron chi connectivity index (χ0n) is 29.7. The second-order valence-corrected chi connectivity index (χ2v) is 12.8. The number of benzene rings is 3. The summed E-state index contributed by atoms with van der Waals surface area (Å²) in [5, 5.41) is 18.2. The van der Waals surface area contributed by atoms with Crippen molar-refractivity contribution >= 4 is 11.9 Å². The molecule has 3 aromatic rings. The van der Waals surface area contributed by atoms with Crippen molar-refractivity contribution in [3.63, 3.8) is 0 Å². The van der Waals surface area contributed by atoms with Crippen molar-refractivity contribution in [2.75, 3.05) is 39.6 Å². The van der Waals surface area contributed by atoms with Gasteiger partial charge in [0.2, 0.25) is 0 Å². The first kappa shape index (κ1) is 40.0. The number of carbonyl (C=O) groups is 2. The van der Waals surface area contributed by atoms with Crippen LogP contribution in [0.25, 0.3) is 22.3 Å². The molecule has 10 heteroatoms. The van der Waals surface area contributed by atoms with E-state index < -0.39 is 31.2 Å². The summed E-state index contributed by atoms with van der Waals surface area (Å²) in [6, 6.07) is 20.5. The van der Waals surface area contributed by atoms with Crippen molar-refractivity contribution in [1.82, 2.24) is 0 Å².